The highest BCUT2D eigenvalue weighted by atomic mass is 16.5. The normalized spacial score (nSPS) is 14.4. The summed E-state index contributed by atoms with van der Waals surface area (Å²) in [6.07, 6.45) is 5.41. The SMILES string of the molecule is Cc1cc(NC(=O)CCC(=O)N(Cc2ccco2)[C@@H](C(=O)NC2CCCC2)c2ccccc2)no1. The minimum Gasteiger partial charge on any atom is -0.467 e. The average molecular weight is 479 g/mol. The first-order chi connectivity index (χ1) is 17.0. The van der Waals surface area contributed by atoms with E-state index in [0.29, 0.717) is 22.9 Å². The lowest BCUT2D eigenvalue weighted by Crippen LogP contribution is -2.46. The third-order valence-corrected chi connectivity index (χ3v) is 6.06. The van der Waals surface area contributed by atoms with Crippen molar-refractivity contribution in [2.24, 2.45) is 0 Å². The van der Waals surface area contributed by atoms with Crippen molar-refractivity contribution in [3.63, 3.8) is 0 Å². The van der Waals surface area contributed by atoms with Gasteiger partial charge < -0.3 is 24.5 Å². The Labute approximate surface area is 203 Å². The molecule has 1 aliphatic rings. The number of benzene rings is 1. The van der Waals surface area contributed by atoms with Gasteiger partial charge in [-0.2, -0.15) is 0 Å². The summed E-state index contributed by atoms with van der Waals surface area (Å²) in [4.78, 5) is 40.9. The maximum absolute atomic E-state index is 13.5. The molecule has 3 amide bonds. The van der Waals surface area contributed by atoms with Crippen LogP contribution >= 0.6 is 0 Å². The number of carbonyl (C=O) groups is 3. The number of nitrogens with one attached hydrogen (secondary N) is 2. The molecular weight excluding hydrogens is 448 g/mol. The molecule has 1 atom stereocenters. The van der Waals surface area contributed by atoms with Gasteiger partial charge in [-0.1, -0.05) is 48.3 Å². The second-order valence-electron chi connectivity index (χ2n) is 8.78. The Morgan fingerprint density at radius 3 is 2.51 bits per heavy atom. The summed E-state index contributed by atoms with van der Waals surface area (Å²) in [6.45, 7) is 1.83. The lowest BCUT2D eigenvalue weighted by Gasteiger charge is -2.31. The topological polar surface area (TPSA) is 118 Å². The molecule has 0 radical (unpaired) electrons. The highest BCUT2D eigenvalue weighted by Gasteiger charge is 2.33. The molecule has 1 aliphatic carbocycles. The number of aryl methyl sites for hydroxylation is 1. The van der Waals surface area contributed by atoms with Gasteiger partial charge in [0.2, 0.25) is 17.7 Å². The van der Waals surface area contributed by atoms with Crippen LogP contribution in [0.5, 0.6) is 0 Å². The van der Waals surface area contributed by atoms with Crippen LogP contribution in [0.15, 0.2) is 63.7 Å². The minimum atomic E-state index is -0.851. The predicted octanol–water partition coefficient (Wildman–Crippen LogP) is 4.12. The van der Waals surface area contributed by atoms with Crippen molar-refractivity contribution in [1.29, 1.82) is 0 Å². The quantitative estimate of drug-likeness (QED) is 0.453. The first-order valence-electron chi connectivity index (χ1n) is 11.9. The maximum atomic E-state index is 13.5. The van der Waals surface area contributed by atoms with E-state index in [-0.39, 0.29) is 43.1 Å². The predicted molar refractivity (Wildman–Crippen MR) is 128 cm³/mol. The van der Waals surface area contributed by atoms with Crippen molar-refractivity contribution in [3.05, 3.63) is 71.9 Å². The van der Waals surface area contributed by atoms with Crippen molar-refractivity contribution in [1.82, 2.24) is 15.4 Å². The Morgan fingerprint density at radius 2 is 1.86 bits per heavy atom. The van der Waals surface area contributed by atoms with Gasteiger partial charge in [-0.15, -0.1) is 0 Å². The monoisotopic (exact) mass is 478 g/mol. The molecule has 0 aliphatic heterocycles. The second-order valence-corrected chi connectivity index (χ2v) is 8.78. The fraction of sp³-hybridized carbons (Fsp3) is 0.385. The number of rotatable bonds is 10. The Kier molecular flexibility index (Phi) is 7.97. The summed E-state index contributed by atoms with van der Waals surface area (Å²) < 4.78 is 10.5. The van der Waals surface area contributed by atoms with Gasteiger partial charge >= 0.3 is 0 Å². The van der Waals surface area contributed by atoms with Crippen LogP contribution in [0.3, 0.4) is 0 Å². The van der Waals surface area contributed by atoms with Crippen molar-refractivity contribution in [2.45, 2.75) is 64.1 Å². The Bertz CT molecular complexity index is 1120. The lowest BCUT2D eigenvalue weighted by atomic mass is 10.0. The smallest absolute Gasteiger partial charge is 0.247 e. The van der Waals surface area contributed by atoms with Crippen molar-refractivity contribution >= 4 is 23.5 Å². The molecule has 3 aromatic rings. The molecule has 35 heavy (non-hydrogen) atoms. The summed E-state index contributed by atoms with van der Waals surface area (Å²) in [7, 11) is 0. The second kappa shape index (κ2) is 11.5. The molecule has 184 valence electrons. The third kappa shape index (κ3) is 6.59. The van der Waals surface area contributed by atoms with E-state index < -0.39 is 6.04 Å². The molecule has 4 rings (SSSR count). The van der Waals surface area contributed by atoms with Crippen LogP contribution in [0, 0.1) is 6.92 Å². The molecule has 2 aromatic heterocycles. The first-order valence-corrected chi connectivity index (χ1v) is 11.9. The largest absolute Gasteiger partial charge is 0.467 e. The number of aromatic nitrogens is 1. The van der Waals surface area contributed by atoms with E-state index in [0.717, 1.165) is 25.7 Å². The molecular formula is C26H30N4O5. The molecule has 1 aromatic carbocycles. The summed E-state index contributed by atoms with van der Waals surface area (Å²) in [6, 6.07) is 13.6. The molecule has 9 heteroatoms. The van der Waals surface area contributed by atoms with Crippen molar-refractivity contribution in [3.8, 4) is 0 Å². The van der Waals surface area contributed by atoms with Gasteiger partial charge in [0.05, 0.1) is 12.8 Å². The Hall–Kier alpha value is -3.88. The van der Waals surface area contributed by atoms with E-state index in [9.17, 15) is 14.4 Å². The number of hydrogen-bond donors (Lipinski definition) is 2. The summed E-state index contributed by atoms with van der Waals surface area (Å²) in [5.74, 6) is 0.492. The van der Waals surface area contributed by atoms with Crippen molar-refractivity contribution in [2.75, 3.05) is 5.32 Å². The molecule has 2 N–H and O–H groups in total. The number of furan rings is 1. The van der Waals surface area contributed by atoms with Crippen LogP contribution in [0.25, 0.3) is 0 Å². The number of anilines is 1. The van der Waals surface area contributed by atoms with E-state index in [1.54, 1.807) is 25.1 Å². The molecule has 9 nitrogen and oxygen atoms in total. The molecule has 0 unspecified atom stereocenters. The van der Waals surface area contributed by atoms with Crippen LogP contribution in [-0.2, 0) is 20.9 Å². The average Bonchev–Trinajstić information content (AvgIpc) is 3.62. The lowest BCUT2D eigenvalue weighted by molar-refractivity contribution is -0.142. The van der Waals surface area contributed by atoms with Gasteiger partial charge in [0.15, 0.2) is 5.82 Å². The molecule has 2 heterocycles. The van der Waals surface area contributed by atoms with Gasteiger partial charge in [0.25, 0.3) is 0 Å². The number of hydrogen-bond acceptors (Lipinski definition) is 6. The molecule has 0 bridgehead atoms. The summed E-state index contributed by atoms with van der Waals surface area (Å²) in [5, 5.41) is 9.49. The van der Waals surface area contributed by atoms with Crippen molar-refractivity contribution < 1.29 is 23.3 Å². The van der Waals surface area contributed by atoms with E-state index in [1.807, 2.05) is 30.3 Å². The summed E-state index contributed by atoms with van der Waals surface area (Å²) >= 11 is 0. The number of carbonyl (C=O) groups excluding carboxylic acids is 3. The van der Waals surface area contributed by atoms with Crippen LogP contribution in [-0.4, -0.2) is 33.8 Å². The zero-order valence-corrected chi connectivity index (χ0v) is 19.7. The molecule has 0 spiro atoms. The van der Waals surface area contributed by atoms with Crippen LogP contribution in [0.4, 0.5) is 5.82 Å². The highest BCUT2D eigenvalue weighted by molar-refractivity contribution is 5.94. The van der Waals surface area contributed by atoms with E-state index >= 15 is 0 Å². The first kappa shape index (κ1) is 24.3. The van der Waals surface area contributed by atoms with Gasteiger partial charge in [-0.25, -0.2) is 0 Å². The molecule has 0 saturated heterocycles. The number of amides is 3. The minimum absolute atomic E-state index is 0.0643. The van der Waals surface area contributed by atoms with E-state index in [2.05, 4.69) is 15.8 Å². The van der Waals surface area contributed by atoms with Gasteiger partial charge in [-0.05, 0) is 37.5 Å². The standard InChI is InChI=1S/C26H30N4O5/c1-18-16-22(29-35-18)28-23(31)13-14-24(32)30(17-21-12-7-15-34-21)25(19-8-3-2-4-9-19)26(33)27-20-10-5-6-11-20/h2-4,7-9,12,15-16,20,25H,5-6,10-11,13-14,17H2,1H3,(H,27,33)(H,28,29,31)/t25-/m1/s1. The van der Waals surface area contributed by atoms with E-state index in [4.69, 9.17) is 8.94 Å². The fourth-order valence-corrected chi connectivity index (χ4v) is 4.35. The van der Waals surface area contributed by atoms with Gasteiger partial charge in [-0.3, -0.25) is 14.4 Å². The highest BCUT2D eigenvalue weighted by Crippen LogP contribution is 2.27. The van der Waals surface area contributed by atoms with Crippen LogP contribution in [0.1, 0.15) is 61.7 Å². The zero-order valence-electron chi connectivity index (χ0n) is 19.7. The fourth-order valence-electron chi connectivity index (χ4n) is 4.35. The van der Waals surface area contributed by atoms with E-state index in [1.165, 1.54) is 11.2 Å². The summed E-state index contributed by atoms with van der Waals surface area (Å²) in [5.41, 5.74) is 0.699. The molecule has 1 fully saturated rings. The van der Waals surface area contributed by atoms with Crippen LogP contribution in [0.2, 0.25) is 0 Å². The number of nitrogens with zero attached hydrogens (tertiary/aromatic N) is 2. The Balaban J connectivity index is 1.53. The van der Waals surface area contributed by atoms with Gasteiger partial charge in [0.1, 0.15) is 17.6 Å². The third-order valence-electron chi connectivity index (χ3n) is 6.06. The van der Waals surface area contributed by atoms with Crippen LogP contribution < -0.4 is 10.6 Å². The zero-order chi connectivity index (χ0) is 24.6. The maximum Gasteiger partial charge on any atom is 0.247 e. The Morgan fingerprint density at radius 1 is 1.09 bits per heavy atom. The molecule has 1 saturated carbocycles. The van der Waals surface area contributed by atoms with Gasteiger partial charge in [0, 0.05) is 24.9 Å².